The lowest BCUT2D eigenvalue weighted by molar-refractivity contribution is 0.0950. The molecule has 32 heavy (non-hydrogen) atoms. The minimum atomic E-state index is -0.974. The largest absolute Gasteiger partial charge is 0.346 e. The van der Waals surface area contributed by atoms with E-state index < -0.39 is 5.66 Å². The van der Waals surface area contributed by atoms with Crippen molar-refractivity contribution in [2.45, 2.75) is 39.9 Å². The molecule has 1 aromatic carbocycles. The lowest BCUT2D eigenvalue weighted by Crippen LogP contribution is -2.28. The fraction of sp³-hybridized carbons (Fsp3) is 0.304. The SMILES string of the molecule is Cc1ccc(-c2cc(C(=O)NCc3cnc(C)cn3)cc(C3(C(C)C)N=NN=N3)c2)nc1. The van der Waals surface area contributed by atoms with Gasteiger partial charge in [-0.05, 0) is 54.1 Å². The summed E-state index contributed by atoms with van der Waals surface area (Å²) in [6.45, 7) is 8.10. The third-order valence-electron chi connectivity index (χ3n) is 5.33. The fourth-order valence-electron chi connectivity index (χ4n) is 3.42. The second-order valence-corrected chi connectivity index (χ2v) is 8.11. The third kappa shape index (κ3) is 4.27. The molecule has 1 aliphatic heterocycles. The first-order valence-electron chi connectivity index (χ1n) is 10.4. The Morgan fingerprint density at radius 1 is 0.969 bits per heavy atom. The molecular weight excluding hydrogens is 404 g/mol. The molecule has 0 atom stereocenters. The van der Waals surface area contributed by atoms with Crippen molar-refractivity contribution in [3.8, 4) is 11.3 Å². The van der Waals surface area contributed by atoms with Gasteiger partial charge in [-0.25, -0.2) is 0 Å². The number of nitrogens with zero attached hydrogens (tertiary/aromatic N) is 7. The van der Waals surface area contributed by atoms with Gasteiger partial charge in [0.25, 0.3) is 5.91 Å². The van der Waals surface area contributed by atoms with Gasteiger partial charge < -0.3 is 5.32 Å². The van der Waals surface area contributed by atoms with E-state index in [2.05, 4.69) is 40.9 Å². The van der Waals surface area contributed by atoms with E-state index in [4.69, 9.17) is 0 Å². The van der Waals surface area contributed by atoms with Gasteiger partial charge in [0, 0.05) is 35.0 Å². The first-order valence-corrected chi connectivity index (χ1v) is 10.4. The van der Waals surface area contributed by atoms with Crippen LogP contribution in [0.4, 0.5) is 0 Å². The molecule has 0 fully saturated rings. The maximum Gasteiger partial charge on any atom is 0.251 e. The average molecular weight is 429 g/mol. The van der Waals surface area contributed by atoms with E-state index in [-0.39, 0.29) is 18.4 Å². The summed E-state index contributed by atoms with van der Waals surface area (Å²) in [7, 11) is 0. The molecule has 0 radical (unpaired) electrons. The summed E-state index contributed by atoms with van der Waals surface area (Å²) in [5.74, 6) is -0.258. The third-order valence-corrected chi connectivity index (χ3v) is 5.33. The first-order chi connectivity index (χ1) is 15.4. The summed E-state index contributed by atoms with van der Waals surface area (Å²) in [5, 5.41) is 19.0. The number of hydrogen-bond acceptors (Lipinski definition) is 8. The Labute approximate surface area is 186 Å². The van der Waals surface area contributed by atoms with Crippen LogP contribution in [0.3, 0.4) is 0 Å². The van der Waals surface area contributed by atoms with Crippen LogP contribution in [-0.4, -0.2) is 20.9 Å². The predicted molar refractivity (Wildman–Crippen MR) is 119 cm³/mol. The number of amides is 1. The zero-order valence-corrected chi connectivity index (χ0v) is 18.4. The maximum atomic E-state index is 13.1. The van der Waals surface area contributed by atoms with Gasteiger partial charge in [0.1, 0.15) is 0 Å². The molecule has 0 spiro atoms. The van der Waals surface area contributed by atoms with Crippen molar-refractivity contribution in [2.24, 2.45) is 26.6 Å². The molecule has 0 aliphatic carbocycles. The summed E-state index contributed by atoms with van der Waals surface area (Å²) in [6, 6.07) is 9.46. The van der Waals surface area contributed by atoms with E-state index in [1.807, 2.05) is 52.0 Å². The average Bonchev–Trinajstić information content (AvgIpc) is 3.30. The summed E-state index contributed by atoms with van der Waals surface area (Å²) in [5.41, 5.74) is 4.33. The van der Waals surface area contributed by atoms with Crippen LogP contribution in [0.1, 0.15) is 46.7 Å². The second-order valence-electron chi connectivity index (χ2n) is 8.11. The molecule has 1 N–H and O–H groups in total. The van der Waals surface area contributed by atoms with Crippen LogP contribution in [0, 0.1) is 19.8 Å². The molecule has 0 bridgehead atoms. The number of aryl methyl sites for hydroxylation is 2. The van der Waals surface area contributed by atoms with E-state index in [0.29, 0.717) is 11.3 Å². The van der Waals surface area contributed by atoms with Crippen LogP contribution >= 0.6 is 0 Å². The number of hydrogen-bond donors (Lipinski definition) is 1. The quantitative estimate of drug-likeness (QED) is 0.611. The van der Waals surface area contributed by atoms with Crippen molar-refractivity contribution >= 4 is 5.91 Å². The molecule has 1 aliphatic rings. The highest BCUT2D eigenvalue weighted by Gasteiger charge is 2.40. The van der Waals surface area contributed by atoms with Gasteiger partial charge >= 0.3 is 0 Å². The zero-order valence-electron chi connectivity index (χ0n) is 18.4. The number of nitrogens with one attached hydrogen (secondary N) is 1. The van der Waals surface area contributed by atoms with Gasteiger partial charge in [0.05, 0.1) is 29.8 Å². The zero-order chi connectivity index (χ0) is 22.7. The smallest absolute Gasteiger partial charge is 0.251 e. The van der Waals surface area contributed by atoms with Crippen LogP contribution in [-0.2, 0) is 12.2 Å². The van der Waals surface area contributed by atoms with Gasteiger partial charge in [0.2, 0.25) is 5.66 Å². The Morgan fingerprint density at radius 2 is 1.75 bits per heavy atom. The van der Waals surface area contributed by atoms with Gasteiger partial charge in [-0.1, -0.05) is 19.9 Å². The number of carbonyl (C=O) groups excluding carboxylic acids is 1. The second kappa shape index (κ2) is 8.70. The molecule has 0 saturated carbocycles. The summed E-state index contributed by atoms with van der Waals surface area (Å²) in [6.07, 6.45) is 5.12. The molecule has 2 aromatic heterocycles. The van der Waals surface area contributed by atoms with Crippen LogP contribution in [0.15, 0.2) is 69.6 Å². The van der Waals surface area contributed by atoms with E-state index in [1.165, 1.54) is 0 Å². The maximum absolute atomic E-state index is 13.1. The topological polar surface area (TPSA) is 117 Å². The van der Waals surface area contributed by atoms with Crippen LogP contribution < -0.4 is 5.32 Å². The fourth-order valence-corrected chi connectivity index (χ4v) is 3.42. The van der Waals surface area contributed by atoms with Crippen molar-refractivity contribution in [3.05, 3.63) is 77.0 Å². The number of aromatic nitrogens is 3. The normalized spacial score (nSPS) is 14.2. The van der Waals surface area contributed by atoms with E-state index in [1.54, 1.807) is 24.7 Å². The lowest BCUT2D eigenvalue weighted by atomic mass is 9.87. The summed E-state index contributed by atoms with van der Waals surface area (Å²) in [4.78, 5) is 26.1. The monoisotopic (exact) mass is 428 g/mol. The van der Waals surface area contributed by atoms with Crippen molar-refractivity contribution < 1.29 is 4.79 Å². The van der Waals surface area contributed by atoms with Crippen LogP contribution in [0.2, 0.25) is 0 Å². The minimum absolute atomic E-state index is 0.0162. The Bertz CT molecular complexity index is 1170. The highest BCUT2D eigenvalue weighted by Crippen LogP contribution is 2.41. The van der Waals surface area contributed by atoms with Crippen molar-refractivity contribution in [1.82, 2.24) is 20.3 Å². The number of rotatable bonds is 6. The summed E-state index contributed by atoms with van der Waals surface area (Å²) < 4.78 is 0. The standard InChI is InChI=1S/C23H24N8O/c1-14(2)23(28-30-31-29-23)19-8-17(21-6-5-15(3)10-26-21)7-18(9-19)22(32)27-13-20-12-24-16(4)11-25-20/h5-12,14H,13H2,1-4H3,(H,27,32). The number of carbonyl (C=O) groups is 1. The Kier molecular flexibility index (Phi) is 5.81. The highest BCUT2D eigenvalue weighted by molar-refractivity contribution is 5.95. The molecular formula is C23H24N8O. The number of pyridine rings is 1. The van der Waals surface area contributed by atoms with Crippen molar-refractivity contribution in [1.29, 1.82) is 0 Å². The van der Waals surface area contributed by atoms with E-state index in [0.717, 1.165) is 28.1 Å². The molecule has 1 amide bonds. The molecule has 162 valence electrons. The van der Waals surface area contributed by atoms with Gasteiger partial charge in [-0.15, -0.1) is 10.2 Å². The molecule has 4 rings (SSSR count). The van der Waals surface area contributed by atoms with Crippen LogP contribution in [0.25, 0.3) is 11.3 Å². The molecule has 9 heteroatoms. The van der Waals surface area contributed by atoms with Gasteiger partial charge in [-0.2, -0.15) is 0 Å². The first kappa shape index (κ1) is 21.4. The Hall–Kier alpha value is -3.88. The molecule has 0 unspecified atom stereocenters. The predicted octanol–water partition coefficient (Wildman–Crippen LogP) is 4.73. The minimum Gasteiger partial charge on any atom is -0.346 e. The van der Waals surface area contributed by atoms with Crippen molar-refractivity contribution in [2.75, 3.05) is 0 Å². The van der Waals surface area contributed by atoms with Gasteiger partial charge in [0.15, 0.2) is 0 Å². The van der Waals surface area contributed by atoms with E-state index in [9.17, 15) is 4.79 Å². The molecule has 3 aromatic rings. The van der Waals surface area contributed by atoms with Crippen LogP contribution in [0.5, 0.6) is 0 Å². The lowest BCUT2D eigenvalue weighted by Gasteiger charge is -2.25. The molecule has 9 nitrogen and oxygen atoms in total. The van der Waals surface area contributed by atoms with Gasteiger partial charge in [-0.3, -0.25) is 19.7 Å². The highest BCUT2D eigenvalue weighted by atomic mass is 16.1. The van der Waals surface area contributed by atoms with Crippen molar-refractivity contribution in [3.63, 3.8) is 0 Å². The van der Waals surface area contributed by atoms with E-state index >= 15 is 0 Å². The Morgan fingerprint density at radius 3 is 2.38 bits per heavy atom. The molecule has 3 heterocycles. The molecule has 0 saturated heterocycles. The summed E-state index contributed by atoms with van der Waals surface area (Å²) >= 11 is 0. The number of benzene rings is 1. The Balaban J connectivity index is 1.72.